The van der Waals surface area contributed by atoms with Gasteiger partial charge in [-0.3, -0.25) is 13.9 Å². The standard InChI is InChI=1S/C24H31Cl2N3O4S/c1-5-13-27-24(31)21(6-2)28(15-18-11-12-19(25)20(26)14-18)23(30)16-29(34(4,32)33)22-10-8-7-9-17(22)3/h7-12,14,21H,5-6,13,15-16H2,1-4H3,(H,27,31)/t21-/m0/s1. The Morgan fingerprint density at radius 1 is 1.06 bits per heavy atom. The van der Waals surface area contributed by atoms with Gasteiger partial charge in [0.1, 0.15) is 12.6 Å². The highest BCUT2D eigenvalue weighted by molar-refractivity contribution is 7.92. The first kappa shape index (κ1) is 28.0. The van der Waals surface area contributed by atoms with Crippen LogP contribution in [-0.4, -0.2) is 50.5 Å². The highest BCUT2D eigenvalue weighted by atomic mass is 35.5. The molecule has 0 aliphatic rings. The summed E-state index contributed by atoms with van der Waals surface area (Å²) in [7, 11) is -3.77. The second-order valence-corrected chi connectivity index (χ2v) is 10.8. The van der Waals surface area contributed by atoms with Crippen molar-refractivity contribution in [2.45, 2.75) is 46.2 Å². The molecule has 2 aromatic rings. The molecule has 0 fully saturated rings. The molecule has 0 heterocycles. The molecule has 2 aromatic carbocycles. The number of carbonyl (C=O) groups is 2. The Morgan fingerprint density at radius 3 is 2.29 bits per heavy atom. The fraction of sp³-hybridized carbons (Fsp3) is 0.417. The largest absolute Gasteiger partial charge is 0.354 e. The van der Waals surface area contributed by atoms with Crippen molar-refractivity contribution in [1.82, 2.24) is 10.2 Å². The third kappa shape index (κ3) is 7.35. The summed E-state index contributed by atoms with van der Waals surface area (Å²) in [6, 6.07) is 11.1. The number of sulfonamides is 1. The van der Waals surface area contributed by atoms with Crippen molar-refractivity contribution < 1.29 is 18.0 Å². The van der Waals surface area contributed by atoms with Crippen molar-refractivity contribution in [2.24, 2.45) is 0 Å². The van der Waals surface area contributed by atoms with Crippen LogP contribution in [0.15, 0.2) is 42.5 Å². The third-order valence-electron chi connectivity index (χ3n) is 5.34. The monoisotopic (exact) mass is 527 g/mol. The van der Waals surface area contributed by atoms with Gasteiger partial charge in [-0.05, 0) is 49.1 Å². The van der Waals surface area contributed by atoms with Crippen molar-refractivity contribution in [3.05, 3.63) is 63.6 Å². The molecule has 0 bridgehead atoms. The predicted octanol–water partition coefficient (Wildman–Crippen LogP) is 4.40. The zero-order valence-electron chi connectivity index (χ0n) is 19.8. The van der Waals surface area contributed by atoms with Gasteiger partial charge in [0, 0.05) is 13.1 Å². The molecular weight excluding hydrogens is 497 g/mol. The second-order valence-electron chi connectivity index (χ2n) is 8.04. The van der Waals surface area contributed by atoms with E-state index in [1.807, 2.05) is 6.92 Å². The first-order valence-corrected chi connectivity index (χ1v) is 13.6. The van der Waals surface area contributed by atoms with Crippen molar-refractivity contribution in [2.75, 3.05) is 23.7 Å². The van der Waals surface area contributed by atoms with Gasteiger partial charge in [0.2, 0.25) is 21.8 Å². The summed E-state index contributed by atoms with van der Waals surface area (Å²) in [5, 5.41) is 3.54. The van der Waals surface area contributed by atoms with Crippen LogP contribution in [0.4, 0.5) is 5.69 Å². The van der Waals surface area contributed by atoms with Crippen LogP contribution in [0.25, 0.3) is 0 Å². The van der Waals surface area contributed by atoms with E-state index in [1.165, 1.54) is 4.90 Å². The molecule has 1 atom stereocenters. The van der Waals surface area contributed by atoms with E-state index in [0.29, 0.717) is 39.8 Å². The van der Waals surface area contributed by atoms with E-state index in [1.54, 1.807) is 56.3 Å². The lowest BCUT2D eigenvalue weighted by molar-refractivity contribution is -0.140. The molecule has 34 heavy (non-hydrogen) atoms. The fourth-order valence-electron chi connectivity index (χ4n) is 3.56. The number of hydrogen-bond acceptors (Lipinski definition) is 4. The van der Waals surface area contributed by atoms with Gasteiger partial charge in [0.05, 0.1) is 22.0 Å². The van der Waals surface area contributed by atoms with Gasteiger partial charge in [-0.15, -0.1) is 0 Å². The fourth-order valence-corrected chi connectivity index (χ4v) is 4.79. The summed E-state index contributed by atoms with van der Waals surface area (Å²) in [6.45, 7) is 5.62. The number of hydrogen-bond donors (Lipinski definition) is 1. The highest BCUT2D eigenvalue weighted by Gasteiger charge is 2.32. The van der Waals surface area contributed by atoms with E-state index in [4.69, 9.17) is 23.2 Å². The molecule has 10 heteroatoms. The Labute approximate surface area is 212 Å². The minimum Gasteiger partial charge on any atom is -0.354 e. The maximum absolute atomic E-state index is 13.6. The van der Waals surface area contributed by atoms with E-state index >= 15 is 0 Å². The summed E-state index contributed by atoms with van der Waals surface area (Å²) in [4.78, 5) is 27.9. The SMILES string of the molecule is CCCNC(=O)[C@H](CC)N(Cc1ccc(Cl)c(Cl)c1)C(=O)CN(c1ccccc1C)S(C)(=O)=O. The van der Waals surface area contributed by atoms with Crippen LogP contribution in [0.2, 0.25) is 10.0 Å². The Bertz CT molecular complexity index is 1120. The number of benzene rings is 2. The minimum atomic E-state index is -3.77. The molecular formula is C24H31Cl2N3O4S. The topological polar surface area (TPSA) is 86.8 Å². The highest BCUT2D eigenvalue weighted by Crippen LogP contribution is 2.25. The van der Waals surface area contributed by atoms with Gasteiger partial charge < -0.3 is 10.2 Å². The van der Waals surface area contributed by atoms with Crippen LogP contribution in [0, 0.1) is 6.92 Å². The van der Waals surface area contributed by atoms with E-state index in [9.17, 15) is 18.0 Å². The lowest BCUT2D eigenvalue weighted by Gasteiger charge is -2.33. The molecule has 7 nitrogen and oxygen atoms in total. The summed E-state index contributed by atoms with van der Waals surface area (Å²) < 4.78 is 26.4. The number of halogens is 2. The van der Waals surface area contributed by atoms with Crippen LogP contribution >= 0.6 is 23.2 Å². The molecule has 0 aliphatic carbocycles. The first-order valence-electron chi connectivity index (χ1n) is 11.0. The number of nitrogens with zero attached hydrogens (tertiary/aromatic N) is 2. The smallest absolute Gasteiger partial charge is 0.244 e. The zero-order valence-corrected chi connectivity index (χ0v) is 22.2. The summed E-state index contributed by atoms with van der Waals surface area (Å²) in [5.41, 5.74) is 1.80. The summed E-state index contributed by atoms with van der Waals surface area (Å²) >= 11 is 12.2. The van der Waals surface area contributed by atoms with Gasteiger partial charge in [0.15, 0.2) is 0 Å². The number of aryl methyl sites for hydroxylation is 1. The van der Waals surface area contributed by atoms with Crippen molar-refractivity contribution in [3.8, 4) is 0 Å². The first-order chi connectivity index (χ1) is 16.0. The Morgan fingerprint density at radius 2 is 1.74 bits per heavy atom. The average molecular weight is 529 g/mol. The molecule has 1 N–H and O–H groups in total. The lowest BCUT2D eigenvalue weighted by atomic mass is 10.1. The van der Waals surface area contributed by atoms with Crippen LogP contribution in [-0.2, 0) is 26.2 Å². The summed E-state index contributed by atoms with van der Waals surface area (Å²) in [5.74, 6) is -0.794. The molecule has 0 saturated carbocycles. The molecule has 0 aliphatic heterocycles. The van der Waals surface area contributed by atoms with Crippen molar-refractivity contribution in [1.29, 1.82) is 0 Å². The average Bonchev–Trinajstić information content (AvgIpc) is 2.78. The Hall–Kier alpha value is -2.29. The van der Waals surface area contributed by atoms with Crippen LogP contribution < -0.4 is 9.62 Å². The molecule has 0 unspecified atom stereocenters. The molecule has 0 saturated heterocycles. The quantitative estimate of drug-likeness (QED) is 0.469. The maximum Gasteiger partial charge on any atom is 0.244 e. The normalized spacial score (nSPS) is 12.2. The molecule has 0 radical (unpaired) electrons. The molecule has 0 spiro atoms. The lowest BCUT2D eigenvalue weighted by Crippen LogP contribution is -2.52. The maximum atomic E-state index is 13.6. The number of rotatable bonds is 11. The zero-order chi connectivity index (χ0) is 25.5. The number of amides is 2. The number of anilines is 1. The van der Waals surface area contributed by atoms with Crippen LogP contribution in [0.3, 0.4) is 0 Å². The summed E-state index contributed by atoms with van der Waals surface area (Å²) in [6.07, 6.45) is 2.16. The molecule has 0 aromatic heterocycles. The Balaban J connectivity index is 2.46. The van der Waals surface area contributed by atoms with Crippen LogP contribution in [0.1, 0.15) is 37.8 Å². The van der Waals surface area contributed by atoms with Crippen LogP contribution in [0.5, 0.6) is 0 Å². The number of para-hydroxylation sites is 1. The third-order valence-corrected chi connectivity index (χ3v) is 7.20. The molecule has 2 amide bonds. The number of nitrogens with one attached hydrogen (secondary N) is 1. The van der Waals surface area contributed by atoms with E-state index < -0.39 is 28.5 Å². The van der Waals surface area contributed by atoms with E-state index in [-0.39, 0.29) is 12.5 Å². The van der Waals surface area contributed by atoms with Crippen molar-refractivity contribution in [3.63, 3.8) is 0 Å². The van der Waals surface area contributed by atoms with Gasteiger partial charge >= 0.3 is 0 Å². The molecule has 186 valence electrons. The van der Waals surface area contributed by atoms with Gasteiger partial charge in [-0.1, -0.05) is 61.3 Å². The number of carbonyl (C=O) groups excluding carboxylic acids is 2. The Kier molecular flexibility index (Phi) is 10.2. The van der Waals surface area contributed by atoms with Gasteiger partial charge in [0.25, 0.3) is 0 Å². The van der Waals surface area contributed by atoms with E-state index in [0.717, 1.165) is 17.0 Å². The van der Waals surface area contributed by atoms with Crippen molar-refractivity contribution >= 4 is 50.7 Å². The minimum absolute atomic E-state index is 0.0686. The van der Waals surface area contributed by atoms with Gasteiger partial charge in [-0.25, -0.2) is 8.42 Å². The van der Waals surface area contributed by atoms with Gasteiger partial charge in [-0.2, -0.15) is 0 Å². The predicted molar refractivity (Wildman–Crippen MR) is 138 cm³/mol. The second kappa shape index (κ2) is 12.4. The molecule has 2 rings (SSSR count). The van der Waals surface area contributed by atoms with E-state index in [2.05, 4.69) is 5.32 Å².